The molecule has 1 N–H and O–H groups in total. The van der Waals surface area contributed by atoms with E-state index in [2.05, 4.69) is 0 Å². The third kappa shape index (κ3) is 4.35. The number of hydrogen-bond acceptors (Lipinski definition) is 5. The SMILES string of the molecule is CC(C)(C)OC(=O)[C@H](CC(=O)O)N1CC(=O)CC1=O. The molecule has 0 spiro atoms. The average molecular weight is 271 g/mol. The van der Waals surface area contributed by atoms with Crippen LogP contribution in [0.2, 0.25) is 0 Å². The van der Waals surface area contributed by atoms with Crippen LogP contribution in [-0.4, -0.2) is 51.8 Å². The van der Waals surface area contributed by atoms with E-state index < -0.39 is 35.9 Å². The van der Waals surface area contributed by atoms with Gasteiger partial charge in [0, 0.05) is 0 Å². The van der Waals surface area contributed by atoms with E-state index >= 15 is 0 Å². The Morgan fingerprint density at radius 3 is 2.32 bits per heavy atom. The second-order valence-corrected chi connectivity index (χ2v) is 5.38. The van der Waals surface area contributed by atoms with Gasteiger partial charge in [0.05, 0.1) is 19.4 Å². The fraction of sp³-hybridized carbons (Fsp3) is 0.667. The van der Waals surface area contributed by atoms with Crippen LogP contribution in [0.25, 0.3) is 0 Å². The smallest absolute Gasteiger partial charge is 0.330 e. The standard InChI is InChI=1S/C12H17NO6/c1-12(2,3)19-11(18)8(5-10(16)17)13-6-7(14)4-9(13)15/h8H,4-6H2,1-3H3,(H,16,17)/t8-/m0/s1. The Bertz CT molecular complexity index is 422. The van der Waals surface area contributed by atoms with Gasteiger partial charge in [0.15, 0.2) is 5.78 Å². The summed E-state index contributed by atoms with van der Waals surface area (Å²) < 4.78 is 5.09. The Morgan fingerprint density at radius 1 is 1.37 bits per heavy atom. The van der Waals surface area contributed by atoms with Crippen LogP contribution >= 0.6 is 0 Å². The van der Waals surface area contributed by atoms with E-state index in [-0.39, 0.29) is 18.7 Å². The normalized spacial score (nSPS) is 17.5. The van der Waals surface area contributed by atoms with Crippen molar-refractivity contribution in [3.63, 3.8) is 0 Å². The van der Waals surface area contributed by atoms with Crippen molar-refractivity contribution in [1.82, 2.24) is 4.90 Å². The number of ketones is 1. The van der Waals surface area contributed by atoms with Crippen LogP contribution in [-0.2, 0) is 23.9 Å². The molecule has 0 radical (unpaired) electrons. The van der Waals surface area contributed by atoms with Crippen molar-refractivity contribution in [3.05, 3.63) is 0 Å². The van der Waals surface area contributed by atoms with Gasteiger partial charge in [0.2, 0.25) is 5.91 Å². The molecule has 1 heterocycles. The van der Waals surface area contributed by atoms with Crippen LogP contribution in [0.15, 0.2) is 0 Å². The lowest BCUT2D eigenvalue weighted by atomic mass is 10.1. The van der Waals surface area contributed by atoms with E-state index in [0.717, 1.165) is 4.90 Å². The van der Waals surface area contributed by atoms with Gasteiger partial charge in [-0.1, -0.05) is 0 Å². The molecule has 19 heavy (non-hydrogen) atoms. The van der Waals surface area contributed by atoms with Gasteiger partial charge in [-0.2, -0.15) is 0 Å². The molecule has 0 unspecified atom stereocenters. The second kappa shape index (κ2) is 5.38. The van der Waals surface area contributed by atoms with Gasteiger partial charge >= 0.3 is 11.9 Å². The van der Waals surface area contributed by atoms with Crippen molar-refractivity contribution in [2.45, 2.75) is 45.3 Å². The summed E-state index contributed by atoms with van der Waals surface area (Å²) in [5.74, 6) is -2.91. The lowest BCUT2D eigenvalue weighted by molar-refractivity contribution is -0.166. The van der Waals surface area contributed by atoms with Gasteiger partial charge < -0.3 is 14.7 Å². The highest BCUT2D eigenvalue weighted by molar-refractivity contribution is 6.07. The van der Waals surface area contributed by atoms with E-state index in [4.69, 9.17) is 9.84 Å². The summed E-state index contributed by atoms with van der Waals surface area (Å²) >= 11 is 0. The zero-order chi connectivity index (χ0) is 14.8. The predicted octanol–water partition coefficient (Wildman–Crippen LogP) is -0.0272. The summed E-state index contributed by atoms with van der Waals surface area (Å²) in [4.78, 5) is 46.5. The summed E-state index contributed by atoms with van der Waals surface area (Å²) in [6.07, 6.45) is -0.868. The molecule has 0 aromatic heterocycles. The lowest BCUT2D eigenvalue weighted by Gasteiger charge is -2.28. The molecule has 1 fully saturated rings. The first-order chi connectivity index (χ1) is 8.60. The van der Waals surface area contributed by atoms with Crippen molar-refractivity contribution < 1.29 is 29.0 Å². The number of Topliss-reactive ketones (excluding diaryl/α,β-unsaturated/α-hetero) is 1. The molecule has 1 saturated heterocycles. The zero-order valence-electron chi connectivity index (χ0n) is 11.1. The van der Waals surface area contributed by atoms with Crippen LogP contribution in [0, 0.1) is 0 Å². The quantitative estimate of drug-likeness (QED) is 0.569. The molecule has 0 bridgehead atoms. The summed E-state index contributed by atoms with van der Waals surface area (Å²) in [5, 5.41) is 8.81. The molecule has 0 aromatic rings. The Balaban J connectivity index is 2.88. The van der Waals surface area contributed by atoms with Gasteiger partial charge in [-0.25, -0.2) is 4.79 Å². The molecule has 106 valence electrons. The Morgan fingerprint density at radius 2 is 1.95 bits per heavy atom. The van der Waals surface area contributed by atoms with Gasteiger partial charge in [-0.3, -0.25) is 14.4 Å². The molecule has 1 rings (SSSR count). The van der Waals surface area contributed by atoms with E-state index in [9.17, 15) is 19.2 Å². The third-order valence-electron chi connectivity index (χ3n) is 2.44. The number of carboxylic acids is 1. The zero-order valence-corrected chi connectivity index (χ0v) is 11.1. The summed E-state index contributed by atoms with van der Waals surface area (Å²) in [6, 6.07) is -1.25. The highest BCUT2D eigenvalue weighted by Gasteiger charge is 2.39. The number of likely N-dealkylation sites (tertiary alicyclic amines) is 1. The molecule has 0 aliphatic carbocycles. The Kier molecular flexibility index (Phi) is 4.28. The van der Waals surface area contributed by atoms with Crippen LogP contribution in [0.4, 0.5) is 0 Å². The van der Waals surface area contributed by atoms with Crippen LogP contribution < -0.4 is 0 Å². The van der Waals surface area contributed by atoms with Crippen molar-refractivity contribution in [2.75, 3.05) is 6.54 Å². The van der Waals surface area contributed by atoms with Gasteiger partial charge in [0.1, 0.15) is 11.6 Å². The molecule has 7 nitrogen and oxygen atoms in total. The number of carbonyl (C=O) groups excluding carboxylic acids is 3. The van der Waals surface area contributed by atoms with Gasteiger partial charge in [-0.15, -0.1) is 0 Å². The number of ether oxygens (including phenoxy) is 1. The minimum absolute atomic E-state index is 0.240. The molecule has 1 aliphatic rings. The monoisotopic (exact) mass is 271 g/mol. The molecule has 1 aliphatic heterocycles. The highest BCUT2D eigenvalue weighted by atomic mass is 16.6. The number of nitrogens with zero attached hydrogens (tertiary/aromatic N) is 1. The van der Waals surface area contributed by atoms with Crippen LogP contribution in [0.3, 0.4) is 0 Å². The van der Waals surface area contributed by atoms with Crippen molar-refractivity contribution in [2.24, 2.45) is 0 Å². The second-order valence-electron chi connectivity index (χ2n) is 5.38. The molecular formula is C12H17NO6. The number of rotatable bonds is 4. The molecule has 1 atom stereocenters. The average Bonchev–Trinajstić information content (AvgIpc) is 2.51. The number of aliphatic carboxylic acids is 1. The largest absolute Gasteiger partial charge is 0.481 e. The van der Waals surface area contributed by atoms with E-state index in [1.807, 2.05) is 0 Å². The van der Waals surface area contributed by atoms with E-state index in [1.165, 1.54) is 0 Å². The first-order valence-electron chi connectivity index (χ1n) is 5.86. The van der Waals surface area contributed by atoms with Crippen LogP contribution in [0.1, 0.15) is 33.6 Å². The topological polar surface area (TPSA) is 101 Å². The number of esters is 1. The Labute approximate surface area is 110 Å². The van der Waals surface area contributed by atoms with Crippen LogP contribution in [0.5, 0.6) is 0 Å². The number of hydrogen-bond donors (Lipinski definition) is 1. The number of carbonyl (C=O) groups is 4. The first kappa shape index (κ1) is 15.1. The maximum atomic E-state index is 11.9. The maximum Gasteiger partial charge on any atom is 0.330 e. The fourth-order valence-electron chi connectivity index (χ4n) is 1.74. The molecule has 0 saturated carbocycles. The van der Waals surface area contributed by atoms with Crippen molar-refractivity contribution in [1.29, 1.82) is 0 Å². The summed E-state index contributed by atoms with van der Waals surface area (Å²) in [5.41, 5.74) is -0.791. The van der Waals surface area contributed by atoms with Gasteiger partial charge in [-0.05, 0) is 20.8 Å². The van der Waals surface area contributed by atoms with Crippen molar-refractivity contribution in [3.8, 4) is 0 Å². The fourth-order valence-corrected chi connectivity index (χ4v) is 1.74. The molecule has 1 amide bonds. The Hall–Kier alpha value is -1.92. The lowest BCUT2D eigenvalue weighted by Crippen LogP contribution is -2.46. The highest BCUT2D eigenvalue weighted by Crippen LogP contribution is 2.18. The third-order valence-corrected chi connectivity index (χ3v) is 2.44. The van der Waals surface area contributed by atoms with Crippen molar-refractivity contribution >= 4 is 23.6 Å². The van der Waals surface area contributed by atoms with E-state index in [1.54, 1.807) is 20.8 Å². The predicted molar refractivity (Wildman–Crippen MR) is 63.2 cm³/mol. The first-order valence-corrected chi connectivity index (χ1v) is 5.86. The summed E-state index contributed by atoms with van der Waals surface area (Å²) in [7, 11) is 0. The number of amides is 1. The molecular weight excluding hydrogens is 254 g/mol. The van der Waals surface area contributed by atoms with E-state index in [0.29, 0.717) is 0 Å². The minimum atomic E-state index is -1.25. The summed E-state index contributed by atoms with van der Waals surface area (Å²) in [6.45, 7) is 4.68. The number of carboxylic acid groups (broad SMARTS) is 1. The maximum absolute atomic E-state index is 11.9. The molecule has 0 aromatic carbocycles. The molecule has 7 heteroatoms. The van der Waals surface area contributed by atoms with Gasteiger partial charge in [0.25, 0.3) is 0 Å². The minimum Gasteiger partial charge on any atom is -0.481 e.